The summed E-state index contributed by atoms with van der Waals surface area (Å²) in [6.45, 7) is 1.68. The molecule has 1 aromatic carbocycles. The van der Waals surface area contributed by atoms with Gasteiger partial charge in [-0.2, -0.15) is 4.98 Å². The molecule has 20 heavy (non-hydrogen) atoms. The van der Waals surface area contributed by atoms with Crippen molar-refractivity contribution in [1.29, 1.82) is 0 Å². The average molecular weight is 274 g/mol. The highest BCUT2D eigenvalue weighted by atomic mass is 16.6. The van der Waals surface area contributed by atoms with Crippen LogP contribution in [0.3, 0.4) is 0 Å². The van der Waals surface area contributed by atoms with Crippen LogP contribution in [0.2, 0.25) is 0 Å². The number of aryl methyl sites for hydroxylation is 1. The van der Waals surface area contributed by atoms with E-state index in [1.807, 2.05) is 0 Å². The number of nitro benzene ring substituents is 1. The van der Waals surface area contributed by atoms with E-state index in [1.54, 1.807) is 25.1 Å². The summed E-state index contributed by atoms with van der Waals surface area (Å²) in [4.78, 5) is 14.9. The number of aromatic nitrogens is 2. The lowest BCUT2D eigenvalue weighted by Crippen LogP contribution is -2.13. The number of nitrogens with two attached hydrogens (primary N) is 1. The lowest BCUT2D eigenvalue weighted by molar-refractivity contribution is -0.384. The van der Waals surface area contributed by atoms with E-state index < -0.39 is 4.92 Å². The third-order valence-electron chi connectivity index (χ3n) is 3.52. The SMILES string of the molecule is Cc1cccc(-c2nc(C(N)C3CC3)no2)c1[N+](=O)[O-]. The zero-order chi connectivity index (χ0) is 14.3. The van der Waals surface area contributed by atoms with E-state index in [9.17, 15) is 10.1 Å². The molecule has 0 saturated heterocycles. The third-order valence-corrected chi connectivity index (χ3v) is 3.52. The molecule has 0 amide bonds. The molecule has 7 nitrogen and oxygen atoms in total. The monoisotopic (exact) mass is 274 g/mol. The number of rotatable bonds is 4. The van der Waals surface area contributed by atoms with Crippen LogP contribution in [0.25, 0.3) is 11.5 Å². The Bertz CT molecular complexity index is 663. The van der Waals surface area contributed by atoms with Crippen LogP contribution in [0.5, 0.6) is 0 Å². The maximum Gasteiger partial charge on any atom is 0.285 e. The van der Waals surface area contributed by atoms with Gasteiger partial charge in [0.25, 0.3) is 11.6 Å². The number of hydrogen-bond donors (Lipinski definition) is 1. The number of para-hydroxylation sites is 1. The Kier molecular flexibility index (Phi) is 2.98. The molecule has 0 bridgehead atoms. The summed E-state index contributed by atoms with van der Waals surface area (Å²) in [5.74, 6) is 0.956. The molecule has 1 unspecified atom stereocenters. The van der Waals surface area contributed by atoms with Crippen LogP contribution in [0.15, 0.2) is 22.7 Å². The van der Waals surface area contributed by atoms with Crippen molar-refractivity contribution in [2.75, 3.05) is 0 Å². The predicted molar refractivity (Wildman–Crippen MR) is 70.8 cm³/mol. The van der Waals surface area contributed by atoms with Crippen molar-refractivity contribution < 1.29 is 9.45 Å². The Morgan fingerprint density at radius 1 is 1.50 bits per heavy atom. The summed E-state index contributed by atoms with van der Waals surface area (Å²) in [5.41, 5.74) is 6.87. The van der Waals surface area contributed by atoms with Crippen LogP contribution < -0.4 is 5.73 Å². The molecule has 2 N–H and O–H groups in total. The van der Waals surface area contributed by atoms with Gasteiger partial charge in [0.15, 0.2) is 5.82 Å². The molecular formula is C13H14N4O3. The first kappa shape index (κ1) is 12.7. The molecule has 1 heterocycles. The zero-order valence-corrected chi connectivity index (χ0v) is 10.9. The molecule has 1 saturated carbocycles. The van der Waals surface area contributed by atoms with Crippen LogP contribution in [0.4, 0.5) is 5.69 Å². The van der Waals surface area contributed by atoms with Gasteiger partial charge in [-0.1, -0.05) is 17.3 Å². The molecule has 3 rings (SSSR count). The van der Waals surface area contributed by atoms with E-state index in [1.165, 1.54) is 0 Å². The van der Waals surface area contributed by atoms with Gasteiger partial charge in [0.1, 0.15) is 5.56 Å². The smallest absolute Gasteiger partial charge is 0.285 e. The highest BCUT2D eigenvalue weighted by molar-refractivity contribution is 5.69. The first-order valence-electron chi connectivity index (χ1n) is 6.41. The quantitative estimate of drug-likeness (QED) is 0.677. The van der Waals surface area contributed by atoms with Crippen molar-refractivity contribution in [3.05, 3.63) is 39.7 Å². The van der Waals surface area contributed by atoms with Gasteiger partial charge < -0.3 is 10.3 Å². The predicted octanol–water partition coefficient (Wildman–Crippen LogP) is 2.36. The minimum Gasteiger partial charge on any atom is -0.334 e. The second-order valence-corrected chi connectivity index (χ2v) is 5.05. The maximum atomic E-state index is 11.2. The van der Waals surface area contributed by atoms with Gasteiger partial charge in [-0.15, -0.1) is 0 Å². The summed E-state index contributed by atoms with van der Waals surface area (Å²) < 4.78 is 5.15. The molecule has 1 fully saturated rings. The van der Waals surface area contributed by atoms with E-state index in [0.717, 1.165) is 12.8 Å². The van der Waals surface area contributed by atoms with Crippen LogP contribution in [-0.4, -0.2) is 15.1 Å². The second-order valence-electron chi connectivity index (χ2n) is 5.05. The summed E-state index contributed by atoms with van der Waals surface area (Å²) in [7, 11) is 0. The molecule has 0 aliphatic heterocycles. The van der Waals surface area contributed by atoms with Gasteiger partial charge in [0, 0.05) is 5.56 Å². The minimum absolute atomic E-state index is 0.0114. The van der Waals surface area contributed by atoms with E-state index in [4.69, 9.17) is 10.3 Å². The standard InChI is InChI=1S/C13H14N4O3/c1-7-3-2-4-9(11(7)17(18)19)13-15-12(16-20-13)10(14)8-5-6-8/h2-4,8,10H,5-6,14H2,1H3. The Morgan fingerprint density at radius 2 is 2.25 bits per heavy atom. The Labute approximate surface area is 114 Å². The molecule has 2 aromatic rings. The van der Waals surface area contributed by atoms with Gasteiger partial charge >= 0.3 is 0 Å². The molecule has 104 valence electrons. The van der Waals surface area contributed by atoms with Crippen molar-refractivity contribution in [1.82, 2.24) is 10.1 Å². The summed E-state index contributed by atoms with van der Waals surface area (Å²) in [5, 5.41) is 15.0. The molecule has 0 radical (unpaired) electrons. The van der Waals surface area contributed by atoms with Gasteiger partial charge in [-0.05, 0) is 31.7 Å². The van der Waals surface area contributed by atoms with Crippen molar-refractivity contribution in [3.63, 3.8) is 0 Å². The Balaban J connectivity index is 2.01. The Morgan fingerprint density at radius 3 is 2.90 bits per heavy atom. The zero-order valence-electron chi connectivity index (χ0n) is 10.9. The largest absolute Gasteiger partial charge is 0.334 e. The van der Waals surface area contributed by atoms with Gasteiger partial charge in [0.05, 0.1) is 11.0 Å². The van der Waals surface area contributed by atoms with Crippen molar-refractivity contribution in [2.24, 2.45) is 11.7 Å². The lowest BCUT2D eigenvalue weighted by Gasteiger charge is -2.02. The van der Waals surface area contributed by atoms with E-state index in [2.05, 4.69) is 10.1 Å². The van der Waals surface area contributed by atoms with Crippen molar-refractivity contribution in [2.45, 2.75) is 25.8 Å². The highest BCUT2D eigenvalue weighted by Crippen LogP contribution is 2.39. The number of nitro groups is 1. The molecule has 1 aromatic heterocycles. The highest BCUT2D eigenvalue weighted by Gasteiger charge is 2.33. The van der Waals surface area contributed by atoms with Crippen molar-refractivity contribution in [3.8, 4) is 11.5 Å². The topological polar surface area (TPSA) is 108 Å². The molecule has 1 atom stereocenters. The van der Waals surface area contributed by atoms with E-state index in [-0.39, 0.29) is 17.6 Å². The second kappa shape index (κ2) is 4.68. The fourth-order valence-electron chi connectivity index (χ4n) is 2.22. The lowest BCUT2D eigenvalue weighted by atomic mass is 10.1. The number of nitrogens with zero attached hydrogens (tertiary/aromatic N) is 3. The minimum atomic E-state index is -0.435. The molecule has 0 spiro atoms. The normalized spacial score (nSPS) is 16.1. The average Bonchev–Trinajstić information content (AvgIpc) is 3.14. The van der Waals surface area contributed by atoms with Crippen LogP contribution in [0.1, 0.15) is 30.3 Å². The van der Waals surface area contributed by atoms with Crippen molar-refractivity contribution >= 4 is 5.69 Å². The molecule has 1 aliphatic rings. The maximum absolute atomic E-state index is 11.2. The molecule has 7 heteroatoms. The number of hydrogen-bond acceptors (Lipinski definition) is 6. The van der Waals surface area contributed by atoms with Crippen LogP contribution in [-0.2, 0) is 0 Å². The van der Waals surface area contributed by atoms with Gasteiger partial charge in [-0.3, -0.25) is 10.1 Å². The first-order chi connectivity index (χ1) is 9.58. The summed E-state index contributed by atoms with van der Waals surface area (Å²) in [6, 6.07) is 4.75. The summed E-state index contributed by atoms with van der Waals surface area (Å²) in [6.07, 6.45) is 2.13. The van der Waals surface area contributed by atoms with Gasteiger partial charge in [0.2, 0.25) is 0 Å². The van der Waals surface area contributed by atoms with Crippen LogP contribution in [0, 0.1) is 23.0 Å². The van der Waals surface area contributed by atoms with Crippen LogP contribution >= 0.6 is 0 Å². The molecule has 1 aliphatic carbocycles. The number of benzene rings is 1. The van der Waals surface area contributed by atoms with E-state index in [0.29, 0.717) is 22.9 Å². The Hall–Kier alpha value is -2.28. The fourth-order valence-corrected chi connectivity index (χ4v) is 2.22. The van der Waals surface area contributed by atoms with E-state index >= 15 is 0 Å². The first-order valence-corrected chi connectivity index (χ1v) is 6.41. The van der Waals surface area contributed by atoms with Gasteiger partial charge in [-0.25, -0.2) is 0 Å². The summed E-state index contributed by atoms with van der Waals surface area (Å²) >= 11 is 0. The fraction of sp³-hybridized carbons (Fsp3) is 0.385. The molecular weight excluding hydrogens is 260 g/mol. The third kappa shape index (κ3) is 2.16.